The highest BCUT2D eigenvalue weighted by molar-refractivity contribution is 9.11. The van der Waals surface area contributed by atoms with Crippen molar-refractivity contribution in [1.82, 2.24) is 9.13 Å². The maximum atomic E-state index is 7.61. The molecule has 26 aromatic rings. The average molecular weight is 2000 g/mol. The van der Waals surface area contributed by atoms with Crippen LogP contribution in [0.3, 0.4) is 0 Å². The Hall–Kier alpha value is -16.2. The van der Waals surface area contributed by atoms with E-state index in [1.807, 2.05) is 12.1 Å². The zero-order chi connectivity index (χ0) is 97.6. The molecule has 0 bridgehead atoms. The van der Waals surface area contributed by atoms with Crippen LogP contribution in [-0.4, -0.2) is 9.13 Å². The van der Waals surface area contributed by atoms with Gasteiger partial charge in [-0.05, 0) is 232 Å². The summed E-state index contributed by atoms with van der Waals surface area (Å²) in [4.78, 5) is 4.88. The van der Waals surface area contributed by atoms with E-state index in [9.17, 15) is 0 Å². The number of hydrogen-bond donors (Lipinski definition) is 0. The topological polar surface area (TPSA) is 68.9 Å². The van der Waals surface area contributed by atoms with Crippen LogP contribution >= 0.6 is 31.9 Å². The molecule has 30 rings (SSSR count). The average Bonchev–Trinajstić information content (AvgIpc) is 1.49. The second-order valence-electron chi connectivity index (χ2n) is 42.6. The smallest absolute Gasteiger partial charge is 0.160 e. The molecular formula is C135H98Br2N4O4. The maximum absolute atomic E-state index is 7.61. The molecule has 2 aliphatic carbocycles. The van der Waals surface area contributed by atoms with Crippen molar-refractivity contribution in [3.8, 4) is 33.6 Å². The van der Waals surface area contributed by atoms with Gasteiger partial charge < -0.3 is 36.6 Å². The van der Waals surface area contributed by atoms with Crippen LogP contribution < -0.4 is 9.80 Å². The highest BCUT2D eigenvalue weighted by atomic mass is 79.9. The number of fused-ring (bicyclic) bond motifs is 40. The number of benzene rings is 20. The molecule has 2 unspecified atom stereocenters. The summed E-state index contributed by atoms with van der Waals surface area (Å²) >= 11 is 8.11. The fraction of sp³-hybridized carbons (Fsp3) is 0.111. The van der Waals surface area contributed by atoms with E-state index >= 15 is 0 Å². The number of halogens is 2. The standard InChI is InChI=1S/C75H57N3O2.C43H21Br2NO2.C17H20/c1-73(2,3)46-36-40-50(41-37-46)76(48-22-9-7-10-23-48)62-44-59-69(72-66(62)54-27-14-19-34-64(54)80-72)68-58(75(59)56-30-16-18-33-61(56)78-60-32-17-13-26-52(60)53-29-21-31-57(75)70(53)78)45-63(71-67(68)55-28-15-20-35-65(55)79-71)77(49-24-11-8-12-25-49)51-42-38-47(39-43-51)74(4,5)6;44-30-20-29-39(42-36(30)24-11-2-7-18-34(24)48-42)38-28(21-31(45)41-37(38)25-12-3-8-19-35(25)47-41)43(29)26-14-4-6-17-33(26)46-32-16-5-1-10-22(32)23-13-9-15-27(43)40(23)46;1-17(2,3)16-11-9-15(10-12-16)13-14-7-5-4-6-8-14/h7-45H,1-6H3;1-21H;4-12H,13H2,1-3H3. The Kier molecular flexibility index (Phi) is 19.2. The molecule has 0 saturated heterocycles. The van der Waals surface area contributed by atoms with E-state index in [2.05, 4.69) is 520 Å². The number of rotatable bonds is 8. The summed E-state index contributed by atoms with van der Waals surface area (Å²) in [6.07, 6.45) is 1.02. The second-order valence-corrected chi connectivity index (χ2v) is 44.3. The second kappa shape index (κ2) is 32.1. The lowest BCUT2D eigenvalue weighted by molar-refractivity contribution is 0.590. The molecule has 10 heteroatoms. The van der Waals surface area contributed by atoms with Crippen LogP contribution in [0, 0.1) is 0 Å². The van der Waals surface area contributed by atoms with Gasteiger partial charge in [0.25, 0.3) is 0 Å². The molecule has 145 heavy (non-hydrogen) atoms. The van der Waals surface area contributed by atoms with Crippen molar-refractivity contribution in [2.75, 3.05) is 9.80 Å². The molecule has 20 aromatic carbocycles. The van der Waals surface area contributed by atoms with Crippen molar-refractivity contribution in [3.63, 3.8) is 0 Å². The van der Waals surface area contributed by atoms with Crippen molar-refractivity contribution in [2.24, 2.45) is 0 Å². The summed E-state index contributed by atoms with van der Waals surface area (Å²) in [6.45, 7) is 20.4. The van der Waals surface area contributed by atoms with Gasteiger partial charge >= 0.3 is 0 Å². The molecule has 0 fully saturated rings. The van der Waals surface area contributed by atoms with Crippen molar-refractivity contribution >= 4 is 197 Å². The van der Waals surface area contributed by atoms with E-state index in [1.165, 1.54) is 122 Å². The summed E-state index contributed by atoms with van der Waals surface area (Å²) in [5.41, 5.74) is 39.7. The summed E-state index contributed by atoms with van der Waals surface area (Å²) < 4.78 is 35.6. The first kappa shape index (κ1) is 86.6. The van der Waals surface area contributed by atoms with Gasteiger partial charge in [-0.15, -0.1) is 0 Å². The van der Waals surface area contributed by atoms with Crippen molar-refractivity contribution in [3.05, 3.63) is 500 Å². The van der Waals surface area contributed by atoms with Crippen LogP contribution in [0.5, 0.6) is 0 Å². The van der Waals surface area contributed by atoms with Gasteiger partial charge in [0.2, 0.25) is 0 Å². The third kappa shape index (κ3) is 12.6. The number of anilines is 6. The molecule has 696 valence electrons. The van der Waals surface area contributed by atoms with Gasteiger partial charge in [-0.1, -0.05) is 375 Å². The molecule has 0 radical (unpaired) electrons. The Labute approximate surface area is 856 Å². The fourth-order valence-electron chi connectivity index (χ4n) is 25.1. The molecule has 8 heterocycles. The van der Waals surface area contributed by atoms with Crippen LogP contribution in [-0.2, 0) is 33.5 Å². The zero-order valence-electron chi connectivity index (χ0n) is 81.7. The Morgan fingerprint density at radius 3 is 1.03 bits per heavy atom. The van der Waals surface area contributed by atoms with Gasteiger partial charge in [-0.25, -0.2) is 0 Å². The summed E-state index contributed by atoms with van der Waals surface area (Å²) in [7, 11) is 0. The van der Waals surface area contributed by atoms with Gasteiger partial charge in [0.1, 0.15) is 39.1 Å². The van der Waals surface area contributed by atoms with Crippen molar-refractivity contribution in [1.29, 1.82) is 0 Å². The largest absolute Gasteiger partial charge is 0.455 e. The first-order valence-electron chi connectivity index (χ1n) is 50.3. The maximum Gasteiger partial charge on any atom is 0.160 e. The number of para-hydroxylation sites is 12. The summed E-state index contributed by atoms with van der Waals surface area (Å²) in [5, 5.41) is 13.6. The van der Waals surface area contributed by atoms with Crippen LogP contribution in [0.2, 0.25) is 0 Å². The molecule has 2 atom stereocenters. The van der Waals surface area contributed by atoms with Crippen molar-refractivity contribution < 1.29 is 17.7 Å². The zero-order valence-corrected chi connectivity index (χ0v) is 84.9. The van der Waals surface area contributed by atoms with Crippen LogP contribution in [0.1, 0.15) is 135 Å². The Balaban J connectivity index is 0.000000131. The first-order chi connectivity index (χ1) is 70.7. The minimum atomic E-state index is -0.911. The van der Waals surface area contributed by atoms with Gasteiger partial charge in [0, 0.05) is 109 Å². The number of aromatic nitrogens is 2. The molecule has 6 aromatic heterocycles. The third-order valence-electron chi connectivity index (χ3n) is 31.4. The molecule has 2 spiro atoms. The molecule has 0 amide bonds. The Bertz CT molecular complexity index is 9890. The SMILES string of the molecule is Brc1cc2c(c3c1oc1ccccc13)-c1c(cc(Br)c3c1oc1ccccc13)C21c2ccccc2-n2c3ccccc3c3cccc1c32.CC(C)(C)c1ccc(Cc2ccccc2)cc1.CC(C)(C)c1ccc(N(c2ccccc2)c2cc3c(c4c2oc2ccccc24)-c2c(cc(N(c4ccccc4)c4ccc(C(C)(C)C)cc4)c4c2oc2ccccc24)C32c3ccccc3-n3c4ccccc4c4cccc2c43)cc1. The number of hydrogen-bond acceptors (Lipinski definition) is 6. The lowest BCUT2D eigenvalue weighted by atomic mass is 9.65. The summed E-state index contributed by atoms with van der Waals surface area (Å²) in [6, 6.07) is 153. The molecule has 8 nitrogen and oxygen atoms in total. The van der Waals surface area contributed by atoms with Crippen molar-refractivity contribution in [2.45, 2.75) is 95.8 Å². The van der Waals surface area contributed by atoms with E-state index in [-0.39, 0.29) is 16.2 Å². The highest BCUT2D eigenvalue weighted by Gasteiger charge is 2.57. The highest BCUT2D eigenvalue weighted by Crippen LogP contribution is 2.70. The Morgan fingerprint density at radius 1 is 0.241 bits per heavy atom. The van der Waals surface area contributed by atoms with E-state index in [0.29, 0.717) is 0 Å². The van der Waals surface area contributed by atoms with Crippen LogP contribution in [0.25, 0.3) is 165 Å². The fourth-order valence-corrected chi connectivity index (χ4v) is 26.2. The minimum absolute atomic E-state index is 0.0267. The molecule has 2 aliphatic heterocycles. The van der Waals surface area contributed by atoms with Crippen LogP contribution in [0.4, 0.5) is 34.1 Å². The lowest BCUT2D eigenvalue weighted by Crippen LogP contribution is -2.34. The lowest BCUT2D eigenvalue weighted by Gasteiger charge is -2.40. The quantitative estimate of drug-likeness (QED) is 0.151. The third-order valence-corrected chi connectivity index (χ3v) is 32.7. The normalized spacial score (nSPS) is 14.8. The molecular weight excluding hydrogens is 1900 g/mol. The molecule has 0 N–H and O–H groups in total. The molecule has 0 saturated carbocycles. The predicted octanol–water partition coefficient (Wildman–Crippen LogP) is 38.2. The number of furan rings is 4. The van der Waals surface area contributed by atoms with Gasteiger partial charge in [-0.3, -0.25) is 0 Å². The summed E-state index contributed by atoms with van der Waals surface area (Å²) in [5.74, 6) is 0. The van der Waals surface area contributed by atoms with E-state index in [1.54, 1.807) is 0 Å². The first-order valence-corrected chi connectivity index (χ1v) is 51.8. The Morgan fingerprint density at radius 2 is 0.559 bits per heavy atom. The predicted molar refractivity (Wildman–Crippen MR) is 609 cm³/mol. The molecule has 4 aliphatic rings. The van der Waals surface area contributed by atoms with Gasteiger partial charge in [-0.2, -0.15) is 0 Å². The van der Waals surface area contributed by atoms with E-state index in [4.69, 9.17) is 17.7 Å². The van der Waals surface area contributed by atoms with E-state index in [0.717, 1.165) is 165 Å². The van der Waals surface area contributed by atoms with Crippen LogP contribution in [0.15, 0.2) is 445 Å². The minimum Gasteiger partial charge on any atom is -0.455 e. The van der Waals surface area contributed by atoms with Gasteiger partial charge in [0.05, 0.1) is 65.5 Å². The van der Waals surface area contributed by atoms with E-state index < -0.39 is 10.8 Å². The monoisotopic (exact) mass is 2000 g/mol. The van der Waals surface area contributed by atoms with Gasteiger partial charge in [0.15, 0.2) is 5.58 Å². The number of nitrogens with zero attached hydrogens (tertiary/aromatic N) is 4.